The van der Waals surface area contributed by atoms with Gasteiger partial charge in [0.2, 0.25) is 0 Å². The molecule has 0 bridgehead atoms. The fourth-order valence-corrected chi connectivity index (χ4v) is 7.14. The molecule has 0 unspecified atom stereocenters. The molecule has 5 heteroatoms. The van der Waals surface area contributed by atoms with E-state index in [1.165, 1.54) is 59.9 Å². The molecule has 1 saturated heterocycles. The van der Waals surface area contributed by atoms with Crippen LogP contribution in [0.3, 0.4) is 0 Å². The van der Waals surface area contributed by atoms with Gasteiger partial charge in [0.25, 0.3) is 0 Å². The van der Waals surface area contributed by atoms with Gasteiger partial charge in [0.15, 0.2) is 0 Å². The smallest absolute Gasteiger partial charge is 0.335 e. The molecule has 172 valence electrons. The maximum Gasteiger partial charge on any atom is 0.335 e. The molecule has 6 rings (SSSR count). The van der Waals surface area contributed by atoms with Crippen LogP contribution < -0.4 is 0 Å². The summed E-state index contributed by atoms with van der Waals surface area (Å²) in [6.45, 7) is 2.91. The van der Waals surface area contributed by atoms with Crippen LogP contribution in [0.15, 0.2) is 42.5 Å². The molecule has 1 aliphatic carbocycles. The Morgan fingerprint density at radius 1 is 1.06 bits per heavy atom. The lowest BCUT2D eigenvalue weighted by Crippen LogP contribution is -2.28. The maximum absolute atomic E-state index is 11.9. The first kappa shape index (κ1) is 21.2. The number of hydrogen-bond donors (Lipinski definition) is 1. The summed E-state index contributed by atoms with van der Waals surface area (Å²) in [5.41, 5.74) is 7.02. The summed E-state index contributed by atoms with van der Waals surface area (Å²) >= 11 is 6.20. The summed E-state index contributed by atoms with van der Waals surface area (Å²) in [4.78, 5) is 14.4. The molecule has 0 amide bonds. The topological polar surface area (TPSA) is 45.5 Å². The normalized spacial score (nSPS) is 23.2. The molecule has 0 radical (unpaired) electrons. The number of halogens is 1. The van der Waals surface area contributed by atoms with E-state index in [2.05, 4.69) is 39.8 Å². The van der Waals surface area contributed by atoms with E-state index in [0.717, 1.165) is 31.6 Å². The lowest BCUT2D eigenvalue weighted by atomic mass is 9.81. The summed E-state index contributed by atoms with van der Waals surface area (Å²) in [7, 11) is 0. The van der Waals surface area contributed by atoms with Gasteiger partial charge in [-0.25, -0.2) is 4.79 Å². The Balaban J connectivity index is 1.63. The van der Waals surface area contributed by atoms with Crippen LogP contribution in [0, 0.1) is 5.92 Å². The van der Waals surface area contributed by atoms with E-state index in [-0.39, 0.29) is 0 Å². The summed E-state index contributed by atoms with van der Waals surface area (Å²) in [6, 6.07) is 15.1. The largest absolute Gasteiger partial charge is 0.478 e. The van der Waals surface area contributed by atoms with Crippen LogP contribution in [0.2, 0.25) is 0 Å². The van der Waals surface area contributed by atoms with Crippen molar-refractivity contribution in [3.8, 4) is 11.3 Å². The number of rotatable bonds is 4. The van der Waals surface area contributed by atoms with Crippen molar-refractivity contribution in [1.29, 1.82) is 0 Å². The molecule has 33 heavy (non-hydrogen) atoms. The number of aromatic carboxylic acids is 1. The second kappa shape index (κ2) is 8.48. The van der Waals surface area contributed by atoms with Crippen LogP contribution in [0.4, 0.5) is 0 Å². The third-order valence-corrected chi connectivity index (χ3v) is 8.48. The minimum absolute atomic E-state index is 0.372. The molecular formula is C28H31ClN2O2. The maximum atomic E-state index is 11.9. The zero-order valence-electron chi connectivity index (χ0n) is 19.0. The van der Waals surface area contributed by atoms with Gasteiger partial charge >= 0.3 is 5.97 Å². The first-order chi connectivity index (χ1) is 16.2. The van der Waals surface area contributed by atoms with Gasteiger partial charge in [-0.2, -0.15) is 0 Å². The Morgan fingerprint density at radius 2 is 1.88 bits per heavy atom. The van der Waals surface area contributed by atoms with Gasteiger partial charge in [-0.3, -0.25) is 4.90 Å². The lowest BCUT2D eigenvalue weighted by molar-refractivity contribution is 0.0697. The number of likely N-dealkylation sites (tertiary alicyclic amines) is 1. The monoisotopic (exact) mass is 462 g/mol. The van der Waals surface area contributed by atoms with Crippen LogP contribution in [0.1, 0.15) is 72.0 Å². The summed E-state index contributed by atoms with van der Waals surface area (Å²) in [5, 5.41) is 11.0. The second-order valence-corrected chi connectivity index (χ2v) is 10.4. The summed E-state index contributed by atoms with van der Waals surface area (Å²) in [5.74, 6) is 0.834. The standard InChI is InChI=1S/C28H31ClN2O2/c29-13-15-30-14-12-20-17-31-24-16-19(28(32)33)10-11-23(24)25(18-6-2-1-3-7-18)27(31)22-9-5-4-8-21(22)26(20)30/h4-5,8-11,16,18,20,26H,1-3,6-7,12-15,17H2,(H,32,33)/t20-,26+/m1/s1. The highest BCUT2D eigenvalue weighted by Gasteiger charge is 2.40. The van der Waals surface area contributed by atoms with Crippen molar-refractivity contribution in [2.24, 2.45) is 5.92 Å². The highest BCUT2D eigenvalue weighted by Crippen LogP contribution is 2.51. The van der Waals surface area contributed by atoms with E-state index in [1.807, 2.05) is 6.07 Å². The van der Waals surface area contributed by atoms with Crippen molar-refractivity contribution in [3.63, 3.8) is 0 Å². The molecule has 2 atom stereocenters. The first-order valence-corrected chi connectivity index (χ1v) is 13.0. The molecule has 1 N–H and O–H groups in total. The van der Waals surface area contributed by atoms with E-state index >= 15 is 0 Å². The minimum atomic E-state index is -0.854. The van der Waals surface area contributed by atoms with Crippen LogP contribution in [-0.2, 0) is 6.54 Å². The number of alkyl halides is 1. The van der Waals surface area contributed by atoms with Crippen molar-refractivity contribution >= 4 is 28.5 Å². The number of nitrogens with zero attached hydrogens (tertiary/aromatic N) is 2. The number of carbonyl (C=O) groups is 1. The summed E-state index contributed by atoms with van der Waals surface area (Å²) in [6.07, 6.45) is 7.47. The fourth-order valence-electron chi connectivity index (χ4n) is 6.93. The van der Waals surface area contributed by atoms with Crippen molar-refractivity contribution in [2.75, 3.05) is 19.0 Å². The number of carboxylic acids is 1. The average molecular weight is 463 g/mol. The average Bonchev–Trinajstić information content (AvgIpc) is 3.34. The lowest BCUT2D eigenvalue weighted by Gasteiger charge is -2.28. The SMILES string of the molecule is O=C(O)c1ccc2c(C3CCCCC3)c3n(c2c1)C[C@H]1CCN(CCCl)[C@@H]1c1ccccc1-3. The quantitative estimate of drug-likeness (QED) is 0.440. The molecule has 2 aliphatic heterocycles. The molecule has 3 aliphatic rings. The van der Waals surface area contributed by atoms with Gasteiger partial charge in [0.1, 0.15) is 0 Å². The molecule has 0 spiro atoms. The Morgan fingerprint density at radius 3 is 2.67 bits per heavy atom. The van der Waals surface area contributed by atoms with E-state index in [1.54, 1.807) is 6.07 Å². The van der Waals surface area contributed by atoms with Gasteiger partial charge in [-0.05, 0) is 60.9 Å². The molecular weight excluding hydrogens is 432 g/mol. The second-order valence-electron chi connectivity index (χ2n) is 10.1. The van der Waals surface area contributed by atoms with E-state index < -0.39 is 5.97 Å². The predicted octanol–water partition coefficient (Wildman–Crippen LogP) is 6.67. The molecule has 3 heterocycles. The fraction of sp³-hybridized carbons (Fsp3) is 0.464. The number of fused-ring (bicyclic) bond motifs is 7. The van der Waals surface area contributed by atoms with Crippen molar-refractivity contribution in [2.45, 2.75) is 57.0 Å². The zero-order chi connectivity index (χ0) is 22.5. The van der Waals surface area contributed by atoms with E-state index in [4.69, 9.17) is 11.6 Å². The Hall–Kier alpha value is -2.30. The van der Waals surface area contributed by atoms with Gasteiger partial charge < -0.3 is 9.67 Å². The number of benzene rings is 2. The minimum Gasteiger partial charge on any atom is -0.478 e. The number of aromatic nitrogens is 1. The van der Waals surface area contributed by atoms with Crippen LogP contribution >= 0.6 is 11.6 Å². The zero-order valence-corrected chi connectivity index (χ0v) is 19.7. The van der Waals surface area contributed by atoms with Gasteiger partial charge in [0, 0.05) is 41.5 Å². The Bertz CT molecular complexity index is 1210. The Labute approximate surface area is 200 Å². The van der Waals surface area contributed by atoms with E-state index in [0.29, 0.717) is 29.3 Å². The number of hydrogen-bond acceptors (Lipinski definition) is 2. The molecule has 4 nitrogen and oxygen atoms in total. The van der Waals surface area contributed by atoms with Crippen molar-refractivity contribution < 1.29 is 9.90 Å². The predicted molar refractivity (Wildman–Crippen MR) is 133 cm³/mol. The van der Waals surface area contributed by atoms with Gasteiger partial charge in [-0.1, -0.05) is 49.6 Å². The Kier molecular flexibility index (Phi) is 5.46. The summed E-state index contributed by atoms with van der Waals surface area (Å²) < 4.78 is 2.49. The van der Waals surface area contributed by atoms with Crippen molar-refractivity contribution in [1.82, 2.24) is 9.47 Å². The molecule has 2 aromatic carbocycles. The third kappa shape index (κ3) is 3.41. The van der Waals surface area contributed by atoms with Crippen molar-refractivity contribution in [3.05, 3.63) is 59.2 Å². The highest BCUT2D eigenvalue weighted by molar-refractivity contribution is 6.18. The van der Waals surface area contributed by atoms with E-state index in [9.17, 15) is 9.90 Å². The molecule has 1 aromatic heterocycles. The van der Waals surface area contributed by atoms with Crippen LogP contribution in [-0.4, -0.2) is 39.5 Å². The van der Waals surface area contributed by atoms with Crippen LogP contribution in [0.25, 0.3) is 22.2 Å². The van der Waals surface area contributed by atoms with Gasteiger partial charge in [-0.15, -0.1) is 11.6 Å². The third-order valence-electron chi connectivity index (χ3n) is 8.31. The molecule has 2 fully saturated rings. The highest BCUT2D eigenvalue weighted by atomic mass is 35.5. The van der Waals surface area contributed by atoms with Crippen LogP contribution in [0.5, 0.6) is 0 Å². The van der Waals surface area contributed by atoms with Gasteiger partial charge in [0.05, 0.1) is 11.3 Å². The molecule has 3 aromatic rings. The first-order valence-electron chi connectivity index (χ1n) is 12.5. The molecule has 1 saturated carbocycles. The number of carboxylic acid groups (broad SMARTS) is 1.